The lowest BCUT2D eigenvalue weighted by Crippen LogP contribution is -2.48. The van der Waals surface area contributed by atoms with E-state index in [2.05, 4.69) is 11.0 Å². The van der Waals surface area contributed by atoms with E-state index in [1.54, 1.807) is 25.6 Å². The molecule has 0 saturated carbocycles. The van der Waals surface area contributed by atoms with Gasteiger partial charge in [0.2, 0.25) is 5.91 Å². The molecule has 3 rings (SSSR count). The van der Waals surface area contributed by atoms with Crippen LogP contribution in [0, 0.1) is 0 Å². The fraction of sp³-hybridized carbons (Fsp3) is 0.421. The van der Waals surface area contributed by atoms with Crippen molar-refractivity contribution in [2.75, 3.05) is 40.4 Å². The lowest BCUT2D eigenvalue weighted by atomic mass is 10.1. The van der Waals surface area contributed by atoms with Crippen LogP contribution in [0.2, 0.25) is 0 Å². The predicted molar refractivity (Wildman–Crippen MR) is 99.4 cm³/mol. The quantitative estimate of drug-likeness (QED) is 0.794. The molecule has 1 aromatic carbocycles. The average molecular weight is 360 g/mol. The number of ether oxygens (including phenoxy) is 2. The maximum absolute atomic E-state index is 12.4. The van der Waals surface area contributed by atoms with Crippen LogP contribution in [-0.4, -0.2) is 56.1 Å². The van der Waals surface area contributed by atoms with Gasteiger partial charge in [0, 0.05) is 37.6 Å². The van der Waals surface area contributed by atoms with Crippen molar-refractivity contribution < 1.29 is 14.3 Å². The Hall–Kier alpha value is -2.05. The Morgan fingerprint density at radius 1 is 1.08 bits per heavy atom. The second-order valence-electron chi connectivity index (χ2n) is 6.10. The molecule has 5 nitrogen and oxygen atoms in total. The van der Waals surface area contributed by atoms with Crippen molar-refractivity contribution in [3.8, 4) is 11.5 Å². The number of thiophene rings is 1. The number of methoxy groups -OCH3 is 2. The molecular weight excluding hydrogens is 336 g/mol. The molecule has 1 aliphatic heterocycles. The van der Waals surface area contributed by atoms with Crippen LogP contribution in [0.4, 0.5) is 0 Å². The SMILES string of the molecule is COc1ccc(CN2CCN(C(=O)Cc3cccs3)CC2)cc1OC. The Kier molecular flexibility index (Phi) is 5.94. The van der Waals surface area contributed by atoms with Gasteiger partial charge in [-0.25, -0.2) is 0 Å². The number of rotatable bonds is 6. The van der Waals surface area contributed by atoms with Gasteiger partial charge >= 0.3 is 0 Å². The summed E-state index contributed by atoms with van der Waals surface area (Å²) in [6, 6.07) is 10.0. The van der Waals surface area contributed by atoms with Gasteiger partial charge in [-0.3, -0.25) is 9.69 Å². The normalized spacial score (nSPS) is 15.2. The minimum atomic E-state index is 0.230. The van der Waals surface area contributed by atoms with E-state index in [1.807, 2.05) is 34.5 Å². The Morgan fingerprint density at radius 2 is 1.84 bits per heavy atom. The average Bonchev–Trinajstić information content (AvgIpc) is 3.15. The van der Waals surface area contributed by atoms with E-state index in [1.165, 1.54) is 5.56 Å². The molecule has 1 aliphatic rings. The van der Waals surface area contributed by atoms with Gasteiger partial charge in [-0.2, -0.15) is 0 Å². The van der Waals surface area contributed by atoms with Crippen molar-refractivity contribution in [1.29, 1.82) is 0 Å². The topological polar surface area (TPSA) is 42.0 Å². The largest absolute Gasteiger partial charge is 0.493 e. The number of benzene rings is 1. The van der Waals surface area contributed by atoms with Crippen LogP contribution < -0.4 is 9.47 Å². The van der Waals surface area contributed by atoms with Crippen LogP contribution in [0.5, 0.6) is 11.5 Å². The maximum atomic E-state index is 12.4. The first-order chi connectivity index (χ1) is 12.2. The fourth-order valence-electron chi connectivity index (χ4n) is 3.07. The van der Waals surface area contributed by atoms with Gasteiger partial charge in [0.15, 0.2) is 11.5 Å². The molecule has 0 radical (unpaired) electrons. The third-order valence-electron chi connectivity index (χ3n) is 4.48. The van der Waals surface area contributed by atoms with Crippen LogP contribution in [0.15, 0.2) is 35.7 Å². The van der Waals surface area contributed by atoms with Gasteiger partial charge < -0.3 is 14.4 Å². The minimum Gasteiger partial charge on any atom is -0.493 e. The number of hydrogen-bond donors (Lipinski definition) is 0. The summed E-state index contributed by atoms with van der Waals surface area (Å²) in [6.45, 7) is 4.22. The fourth-order valence-corrected chi connectivity index (χ4v) is 3.76. The number of piperazine rings is 1. The zero-order chi connectivity index (χ0) is 17.6. The van der Waals surface area contributed by atoms with Crippen molar-refractivity contribution >= 4 is 17.2 Å². The molecule has 1 saturated heterocycles. The first-order valence-electron chi connectivity index (χ1n) is 8.43. The molecule has 0 aliphatic carbocycles. The zero-order valence-corrected chi connectivity index (χ0v) is 15.6. The van der Waals surface area contributed by atoms with Crippen molar-refractivity contribution in [1.82, 2.24) is 9.80 Å². The van der Waals surface area contributed by atoms with E-state index in [9.17, 15) is 4.79 Å². The van der Waals surface area contributed by atoms with Crippen LogP contribution >= 0.6 is 11.3 Å². The summed E-state index contributed by atoms with van der Waals surface area (Å²) < 4.78 is 10.7. The summed E-state index contributed by atoms with van der Waals surface area (Å²) in [5.41, 5.74) is 1.19. The lowest BCUT2D eigenvalue weighted by Gasteiger charge is -2.34. The molecule has 2 heterocycles. The lowest BCUT2D eigenvalue weighted by molar-refractivity contribution is -0.132. The third-order valence-corrected chi connectivity index (χ3v) is 5.36. The number of hydrogen-bond acceptors (Lipinski definition) is 5. The Morgan fingerprint density at radius 3 is 2.48 bits per heavy atom. The Balaban J connectivity index is 1.51. The highest BCUT2D eigenvalue weighted by Gasteiger charge is 2.21. The summed E-state index contributed by atoms with van der Waals surface area (Å²) >= 11 is 1.64. The van der Waals surface area contributed by atoms with Crippen LogP contribution in [-0.2, 0) is 17.8 Å². The number of nitrogens with zero attached hydrogens (tertiary/aromatic N) is 2. The molecule has 1 aromatic heterocycles. The number of carbonyl (C=O) groups is 1. The van der Waals surface area contributed by atoms with Crippen molar-refractivity contribution in [3.63, 3.8) is 0 Å². The van der Waals surface area contributed by atoms with E-state index in [0.29, 0.717) is 6.42 Å². The van der Waals surface area contributed by atoms with Gasteiger partial charge in [0.1, 0.15) is 0 Å². The van der Waals surface area contributed by atoms with Crippen LogP contribution in [0.25, 0.3) is 0 Å². The molecule has 0 spiro atoms. The first-order valence-corrected chi connectivity index (χ1v) is 9.31. The first kappa shape index (κ1) is 17.8. The predicted octanol–water partition coefficient (Wildman–Crippen LogP) is 2.65. The molecule has 0 atom stereocenters. The van der Waals surface area contributed by atoms with E-state index in [-0.39, 0.29) is 5.91 Å². The molecule has 134 valence electrons. The van der Waals surface area contributed by atoms with Gasteiger partial charge in [0.25, 0.3) is 0 Å². The smallest absolute Gasteiger partial charge is 0.227 e. The van der Waals surface area contributed by atoms with Gasteiger partial charge in [0.05, 0.1) is 20.6 Å². The third kappa shape index (κ3) is 4.52. The highest BCUT2D eigenvalue weighted by Crippen LogP contribution is 2.28. The molecule has 25 heavy (non-hydrogen) atoms. The summed E-state index contributed by atoms with van der Waals surface area (Å²) in [7, 11) is 3.30. The molecule has 2 aromatic rings. The standard InChI is InChI=1S/C19H24N2O3S/c1-23-17-6-5-15(12-18(17)24-2)14-20-7-9-21(10-8-20)19(22)13-16-4-3-11-25-16/h3-6,11-12H,7-10,13-14H2,1-2H3. The summed E-state index contributed by atoms with van der Waals surface area (Å²) in [4.78, 5) is 17.9. The van der Waals surface area contributed by atoms with Gasteiger partial charge in [-0.1, -0.05) is 12.1 Å². The van der Waals surface area contributed by atoms with Gasteiger partial charge in [-0.15, -0.1) is 11.3 Å². The Labute approximate surface area is 152 Å². The summed E-state index contributed by atoms with van der Waals surface area (Å²) in [6.07, 6.45) is 0.521. The second-order valence-corrected chi connectivity index (χ2v) is 7.13. The van der Waals surface area contributed by atoms with E-state index < -0.39 is 0 Å². The van der Waals surface area contributed by atoms with Crippen molar-refractivity contribution in [3.05, 3.63) is 46.2 Å². The highest BCUT2D eigenvalue weighted by atomic mass is 32.1. The summed E-state index contributed by atoms with van der Waals surface area (Å²) in [5, 5.41) is 2.02. The van der Waals surface area contributed by atoms with Gasteiger partial charge in [-0.05, 0) is 29.1 Å². The number of carbonyl (C=O) groups excluding carboxylic acids is 1. The zero-order valence-electron chi connectivity index (χ0n) is 14.7. The van der Waals surface area contributed by atoms with Crippen LogP contribution in [0.3, 0.4) is 0 Å². The molecule has 1 fully saturated rings. The van der Waals surface area contributed by atoms with Crippen LogP contribution in [0.1, 0.15) is 10.4 Å². The van der Waals surface area contributed by atoms with E-state index >= 15 is 0 Å². The molecule has 0 bridgehead atoms. The van der Waals surface area contributed by atoms with Crippen molar-refractivity contribution in [2.45, 2.75) is 13.0 Å². The molecule has 6 heteroatoms. The molecule has 0 unspecified atom stereocenters. The highest BCUT2D eigenvalue weighted by molar-refractivity contribution is 7.10. The monoisotopic (exact) mass is 360 g/mol. The Bertz CT molecular complexity index is 695. The van der Waals surface area contributed by atoms with Crippen molar-refractivity contribution in [2.24, 2.45) is 0 Å². The summed E-state index contributed by atoms with van der Waals surface area (Å²) in [5.74, 6) is 1.73. The molecule has 1 amide bonds. The minimum absolute atomic E-state index is 0.230. The maximum Gasteiger partial charge on any atom is 0.227 e. The molecule has 0 N–H and O–H groups in total. The van der Waals surface area contributed by atoms with E-state index in [4.69, 9.17) is 9.47 Å². The second kappa shape index (κ2) is 8.36. The molecular formula is C19H24N2O3S. The van der Waals surface area contributed by atoms with E-state index in [0.717, 1.165) is 49.1 Å². The number of amides is 1.